The molecule has 0 atom stereocenters. The van der Waals surface area contributed by atoms with E-state index in [1.54, 1.807) is 24.3 Å². The Hall–Kier alpha value is -2.04. The normalized spacial score (nSPS) is 11.7. The fraction of sp³-hybridized carbons (Fsp3) is 0.231. The van der Waals surface area contributed by atoms with Gasteiger partial charge >= 0.3 is 18.8 Å². The fourth-order valence-corrected chi connectivity index (χ4v) is 2.46. The highest BCUT2D eigenvalue weighted by Gasteiger charge is 2.46. The fourth-order valence-electron chi connectivity index (χ4n) is 1.50. The maximum Gasteiger partial charge on any atom is 0.452 e. The summed E-state index contributed by atoms with van der Waals surface area (Å²) in [4.78, 5) is 15.0. The molecule has 1 aromatic rings. The van der Waals surface area contributed by atoms with Gasteiger partial charge in [-0.15, -0.1) is 0 Å². The third-order valence-corrected chi connectivity index (χ3v) is 4.35. The summed E-state index contributed by atoms with van der Waals surface area (Å²) in [6.45, 7) is 0. The molecule has 21 heavy (non-hydrogen) atoms. The first-order valence-corrected chi connectivity index (χ1v) is 7.36. The lowest BCUT2D eigenvalue weighted by Gasteiger charge is -2.09. The van der Waals surface area contributed by atoms with Crippen molar-refractivity contribution in [3.63, 3.8) is 0 Å². The molecule has 0 heterocycles. The molecule has 0 aromatic heterocycles. The van der Waals surface area contributed by atoms with Crippen molar-refractivity contribution >= 4 is 24.9 Å². The van der Waals surface area contributed by atoms with Crippen LogP contribution in [0, 0.1) is 0 Å². The molecule has 0 bridgehead atoms. The summed E-state index contributed by atoms with van der Waals surface area (Å²) in [5.74, 6) is -1.06. The molecule has 112 valence electrons. The zero-order chi connectivity index (χ0) is 15.9. The summed E-state index contributed by atoms with van der Waals surface area (Å²) in [7, 11) is -0.561. The van der Waals surface area contributed by atoms with Crippen molar-refractivity contribution in [1.29, 1.82) is 0 Å². The second kappa shape index (κ2) is 7.67. The van der Waals surface area contributed by atoms with Crippen LogP contribution in [0.3, 0.4) is 0 Å². The minimum atomic E-state index is -3.99. The van der Waals surface area contributed by atoms with Crippen LogP contribution in [0.15, 0.2) is 36.1 Å². The summed E-state index contributed by atoms with van der Waals surface area (Å²) in [5, 5.41) is 0. The van der Waals surface area contributed by atoms with Crippen LogP contribution in [0.25, 0.3) is 11.6 Å². The number of hydrogen-bond acceptors (Lipinski definition) is 5. The monoisotopic (exact) mass is 310 g/mol. The molecule has 1 aromatic carbocycles. The van der Waals surface area contributed by atoms with Crippen LogP contribution < -0.4 is 0 Å². The standard InChI is InChI=1S/C13H15N2O5P/c1-18-11(9-10-7-5-4-6-8-10)12(16)13(15-14)21(17,19-2)20-3/h4-9H,1-3H3/b11-9+. The minimum Gasteiger partial charge on any atom is -0.492 e. The van der Waals surface area contributed by atoms with E-state index in [-0.39, 0.29) is 5.76 Å². The predicted octanol–water partition coefficient (Wildman–Crippen LogP) is 2.36. The number of ketones is 1. The lowest BCUT2D eigenvalue weighted by molar-refractivity contribution is -0.116. The van der Waals surface area contributed by atoms with E-state index in [9.17, 15) is 9.36 Å². The van der Waals surface area contributed by atoms with Crippen molar-refractivity contribution in [3.05, 3.63) is 47.2 Å². The molecule has 0 spiro atoms. The average molecular weight is 310 g/mol. The van der Waals surface area contributed by atoms with Crippen molar-refractivity contribution in [1.82, 2.24) is 0 Å². The molecule has 8 heteroatoms. The summed E-state index contributed by atoms with van der Waals surface area (Å²) in [6, 6.07) is 8.86. The lowest BCUT2D eigenvalue weighted by atomic mass is 10.2. The Morgan fingerprint density at radius 3 is 2.19 bits per heavy atom. The molecule has 0 aliphatic rings. The number of carbonyl (C=O) groups excluding carboxylic acids is 1. The van der Waals surface area contributed by atoms with E-state index in [1.807, 2.05) is 6.07 Å². The Balaban J connectivity index is 3.23. The highest BCUT2D eigenvalue weighted by atomic mass is 31.2. The van der Waals surface area contributed by atoms with E-state index < -0.39 is 18.8 Å². The summed E-state index contributed by atoms with van der Waals surface area (Å²) >= 11 is 0. The topological polar surface area (TPSA) is 98.2 Å². The van der Waals surface area contributed by atoms with Gasteiger partial charge in [-0.05, 0) is 11.6 Å². The summed E-state index contributed by atoms with van der Waals surface area (Å²) < 4.78 is 26.4. The number of carbonyl (C=O) groups is 1. The molecule has 7 nitrogen and oxygen atoms in total. The van der Waals surface area contributed by atoms with Gasteiger partial charge < -0.3 is 19.3 Å². The van der Waals surface area contributed by atoms with Crippen LogP contribution in [0.4, 0.5) is 0 Å². The second-order valence-electron chi connectivity index (χ2n) is 3.74. The molecule has 0 saturated heterocycles. The van der Waals surface area contributed by atoms with E-state index >= 15 is 0 Å². The Kier molecular flexibility index (Phi) is 6.21. The minimum absolute atomic E-state index is 0.164. The van der Waals surface area contributed by atoms with Gasteiger partial charge in [-0.2, -0.15) is 4.79 Å². The van der Waals surface area contributed by atoms with Crippen LogP contribution in [-0.4, -0.2) is 37.4 Å². The van der Waals surface area contributed by atoms with Crippen LogP contribution >= 0.6 is 7.60 Å². The lowest BCUT2D eigenvalue weighted by Crippen LogP contribution is -2.20. The van der Waals surface area contributed by atoms with Crippen LogP contribution in [0.5, 0.6) is 0 Å². The summed E-state index contributed by atoms with van der Waals surface area (Å²) in [6.07, 6.45) is 1.42. The van der Waals surface area contributed by atoms with Gasteiger partial charge in [0.1, 0.15) is 0 Å². The Labute approximate surface area is 122 Å². The first-order chi connectivity index (χ1) is 10.0. The molecule has 0 fully saturated rings. The van der Waals surface area contributed by atoms with E-state index in [0.29, 0.717) is 5.56 Å². The smallest absolute Gasteiger partial charge is 0.452 e. The average Bonchev–Trinajstić information content (AvgIpc) is 2.53. The number of hydrogen-bond donors (Lipinski definition) is 0. The zero-order valence-electron chi connectivity index (χ0n) is 11.8. The molecule has 0 N–H and O–H groups in total. The van der Waals surface area contributed by atoms with Crippen LogP contribution in [0.1, 0.15) is 5.56 Å². The van der Waals surface area contributed by atoms with Gasteiger partial charge in [-0.1, -0.05) is 30.3 Å². The largest absolute Gasteiger partial charge is 0.492 e. The molecule has 0 amide bonds. The van der Waals surface area contributed by atoms with Gasteiger partial charge in [0.25, 0.3) is 0 Å². The number of benzene rings is 1. The first-order valence-electron chi connectivity index (χ1n) is 5.82. The van der Waals surface area contributed by atoms with Crippen molar-refractivity contribution in [2.45, 2.75) is 0 Å². The highest BCUT2D eigenvalue weighted by molar-refractivity contribution is 7.75. The zero-order valence-corrected chi connectivity index (χ0v) is 12.7. The molecule has 1 rings (SSSR count). The number of allylic oxidation sites excluding steroid dienone is 1. The maximum absolute atomic E-state index is 12.3. The van der Waals surface area contributed by atoms with Gasteiger partial charge in [0.05, 0.1) is 7.11 Å². The highest BCUT2D eigenvalue weighted by Crippen LogP contribution is 2.48. The van der Waals surface area contributed by atoms with Crippen molar-refractivity contribution < 1.29 is 27.9 Å². The van der Waals surface area contributed by atoms with E-state index in [0.717, 1.165) is 14.2 Å². The second-order valence-corrected chi connectivity index (χ2v) is 5.89. The molecular weight excluding hydrogens is 295 g/mol. The number of nitrogens with zero attached hydrogens (tertiary/aromatic N) is 2. The number of Topliss-reactive ketones (excluding diaryl/α,β-unsaturated/α-hetero) is 1. The molecular formula is C13H15N2O5P. The third kappa shape index (κ3) is 3.97. The first kappa shape index (κ1) is 17.0. The molecule has 0 unspecified atom stereocenters. The molecule has 0 aliphatic carbocycles. The molecule has 0 radical (unpaired) electrons. The number of rotatable bonds is 7. The van der Waals surface area contributed by atoms with Crippen molar-refractivity contribution in [3.8, 4) is 0 Å². The van der Waals surface area contributed by atoms with Gasteiger partial charge in [0.2, 0.25) is 0 Å². The van der Waals surface area contributed by atoms with Gasteiger partial charge in [0, 0.05) is 14.2 Å². The maximum atomic E-state index is 12.3. The van der Waals surface area contributed by atoms with Crippen LogP contribution in [0.2, 0.25) is 0 Å². The summed E-state index contributed by atoms with van der Waals surface area (Å²) in [5.41, 5.74) is 8.89. The number of methoxy groups -OCH3 is 1. The van der Waals surface area contributed by atoms with E-state index in [2.05, 4.69) is 13.8 Å². The Bertz CT molecular complexity index is 627. The SMILES string of the molecule is CO/C(=C/c1ccccc1)C(=O)C(=[N+]=[N-])P(=O)(OC)OC. The Morgan fingerprint density at radius 2 is 1.76 bits per heavy atom. The Morgan fingerprint density at radius 1 is 1.19 bits per heavy atom. The number of ether oxygens (including phenoxy) is 1. The predicted molar refractivity (Wildman–Crippen MR) is 76.7 cm³/mol. The third-order valence-electron chi connectivity index (χ3n) is 2.58. The van der Waals surface area contributed by atoms with E-state index in [4.69, 9.17) is 10.3 Å². The van der Waals surface area contributed by atoms with Gasteiger partial charge in [-0.3, -0.25) is 4.79 Å². The van der Waals surface area contributed by atoms with Crippen molar-refractivity contribution in [2.75, 3.05) is 21.3 Å². The van der Waals surface area contributed by atoms with Crippen molar-refractivity contribution in [2.24, 2.45) is 0 Å². The van der Waals surface area contributed by atoms with Gasteiger partial charge in [-0.25, -0.2) is 4.57 Å². The van der Waals surface area contributed by atoms with E-state index in [1.165, 1.54) is 13.2 Å². The van der Waals surface area contributed by atoms with Gasteiger partial charge in [0.15, 0.2) is 5.76 Å². The van der Waals surface area contributed by atoms with Crippen LogP contribution in [-0.2, 0) is 23.1 Å². The quantitative estimate of drug-likeness (QED) is 0.192. The molecule has 0 saturated carbocycles. The molecule has 0 aliphatic heterocycles.